The summed E-state index contributed by atoms with van der Waals surface area (Å²) in [5.74, 6) is -0.290. The lowest BCUT2D eigenvalue weighted by atomic mass is 10.2. The highest BCUT2D eigenvalue weighted by Gasteiger charge is 2.12. The number of nitro benzene ring substituents is 1. The first-order valence-electron chi connectivity index (χ1n) is 7.42. The van der Waals surface area contributed by atoms with Gasteiger partial charge in [-0.3, -0.25) is 14.9 Å². The highest BCUT2D eigenvalue weighted by Crippen LogP contribution is 2.26. The van der Waals surface area contributed by atoms with Gasteiger partial charge in [0.1, 0.15) is 0 Å². The molecule has 0 aliphatic heterocycles. The summed E-state index contributed by atoms with van der Waals surface area (Å²) in [6, 6.07) is 11.3. The van der Waals surface area contributed by atoms with Crippen molar-refractivity contribution in [3.05, 3.63) is 57.1 Å². The summed E-state index contributed by atoms with van der Waals surface area (Å²) in [7, 11) is 0. The lowest BCUT2D eigenvalue weighted by Crippen LogP contribution is -2.22. The summed E-state index contributed by atoms with van der Waals surface area (Å²) in [6.45, 7) is 0.142. The molecule has 9 heteroatoms. The van der Waals surface area contributed by atoms with Crippen LogP contribution in [0.25, 0.3) is 0 Å². The topological polar surface area (TPSA) is 117 Å². The van der Waals surface area contributed by atoms with Crippen molar-refractivity contribution in [2.24, 2.45) is 0 Å². The summed E-state index contributed by atoms with van der Waals surface area (Å²) in [4.78, 5) is 22.4. The zero-order valence-corrected chi connectivity index (χ0v) is 14.7. The predicted molar refractivity (Wildman–Crippen MR) is 99.9 cm³/mol. The first-order chi connectivity index (χ1) is 12.0. The normalized spacial score (nSPS) is 10.2. The number of nitrogens with zero attached hydrogens (tertiary/aromatic N) is 1. The van der Waals surface area contributed by atoms with E-state index in [1.165, 1.54) is 18.2 Å². The molecule has 0 bridgehead atoms. The minimum absolute atomic E-state index is 0.0644. The van der Waals surface area contributed by atoms with Gasteiger partial charge in [0.05, 0.1) is 29.4 Å². The molecule has 2 aromatic rings. The van der Waals surface area contributed by atoms with Gasteiger partial charge in [0.2, 0.25) is 5.91 Å². The number of benzene rings is 2. The number of hydrogen-bond donors (Lipinski definition) is 4. The van der Waals surface area contributed by atoms with Crippen LogP contribution in [-0.2, 0) is 4.79 Å². The third-order valence-electron chi connectivity index (χ3n) is 3.21. The minimum Gasteiger partial charge on any atom is -0.395 e. The largest absolute Gasteiger partial charge is 0.395 e. The Morgan fingerprint density at radius 3 is 2.48 bits per heavy atom. The van der Waals surface area contributed by atoms with Crippen LogP contribution in [0.15, 0.2) is 46.9 Å². The highest BCUT2D eigenvalue weighted by atomic mass is 79.9. The van der Waals surface area contributed by atoms with Crippen LogP contribution < -0.4 is 16.0 Å². The van der Waals surface area contributed by atoms with Gasteiger partial charge in [-0.15, -0.1) is 0 Å². The molecule has 0 radical (unpaired) electrons. The third kappa shape index (κ3) is 5.73. The van der Waals surface area contributed by atoms with Gasteiger partial charge in [-0.05, 0) is 30.3 Å². The second-order valence-electron chi connectivity index (χ2n) is 5.05. The number of halogens is 1. The third-order valence-corrected chi connectivity index (χ3v) is 3.74. The molecule has 132 valence electrons. The Hall–Kier alpha value is -2.65. The number of aliphatic hydroxyl groups is 1. The fraction of sp³-hybridized carbons (Fsp3) is 0.188. The van der Waals surface area contributed by atoms with Crippen molar-refractivity contribution in [3.63, 3.8) is 0 Å². The van der Waals surface area contributed by atoms with Gasteiger partial charge in [-0.25, -0.2) is 0 Å². The van der Waals surface area contributed by atoms with Crippen molar-refractivity contribution in [2.45, 2.75) is 0 Å². The van der Waals surface area contributed by atoms with Crippen LogP contribution in [0.2, 0.25) is 0 Å². The van der Waals surface area contributed by atoms with Gasteiger partial charge in [-0.2, -0.15) is 0 Å². The van der Waals surface area contributed by atoms with Gasteiger partial charge in [0.15, 0.2) is 0 Å². The molecule has 2 rings (SSSR count). The fourth-order valence-corrected chi connectivity index (χ4v) is 2.32. The summed E-state index contributed by atoms with van der Waals surface area (Å²) in [5, 5.41) is 28.4. The van der Waals surface area contributed by atoms with Crippen molar-refractivity contribution < 1.29 is 14.8 Å². The standard InChI is InChI=1S/C16H17BrN4O4/c17-11-1-3-12(4-2-11)20-16(23)10-19-15-9-13(21(24)25)5-6-14(15)18-7-8-22/h1-6,9,18-19,22H,7-8,10H2,(H,20,23). The Balaban J connectivity index is 2.04. The second-order valence-corrected chi connectivity index (χ2v) is 5.96. The summed E-state index contributed by atoms with van der Waals surface area (Å²) in [6.07, 6.45) is 0. The maximum Gasteiger partial charge on any atom is 0.271 e. The molecule has 0 saturated heterocycles. The van der Waals surface area contributed by atoms with Gasteiger partial charge >= 0.3 is 0 Å². The SMILES string of the molecule is O=C(CNc1cc([N+](=O)[O-])ccc1NCCO)Nc1ccc(Br)cc1. The van der Waals surface area contributed by atoms with Gasteiger partial charge in [0.25, 0.3) is 5.69 Å². The minimum atomic E-state index is -0.511. The van der Waals surface area contributed by atoms with E-state index in [-0.39, 0.29) is 31.3 Å². The Morgan fingerprint density at radius 1 is 1.12 bits per heavy atom. The van der Waals surface area contributed by atoms with E-state index in [2.05, 4.69) is 31.9 Å². The van der Waals surface area contributed by atoms with E-state index in [4.69, 9.17) is 5.11 Å². The van der Waals surface area contributed by atoms with Gasteiger partial charge in [0, 0.05) is 28.8 Å². The number of carbonyl (C=O) groups is 1. The molecule has 0 aliphatic carbocycles. The van der Waals surface area contributed by atoms with Crippen molar-refractivity contribution in [1.29, 1.82) is 0 Å². The Morgan fingerprint density at radius 2 is 1.84 bits per heavy atom. The molecular weight excluding hydrogens is 392 g/mol. The molecule has 0 heterocycles. The van der Waals surface area contributed by atoms with E-state index < -0.39 is 4.92 Å². The molecule has 25 heavy (non-hydrogen) atoms. The Bertz CT molecular complexity index is 752. The van der Waals surface area contributed by atoms with Crippen molar-refractivity contribution in [1.82, 2.24) is 0 Å². The summed E-state index contributed by atoms with van der Waals surface area (Å²) < 4.78 is 0.903. The van der Waals surface area contributed by atoms with E-state index in [0.717, 1.165) is 4.47 Å². The zero-order chi connectivity index (χ0) is 18.2. The number of rotatable bonds is 8. The van der Waals surface area contributed by atoms with Crippen LogP contribution in [0, 0.1) is 10.1 Å². The molecule has 0 atom stereocenters. The van der Waals surface area contributed by atoms with Crippen molar-refractivity contribution in [3.8, 4) is 0 Å². The number of nitrogens with one attached hydrogen (secondary N) is 3. The molecule has 0 fully saturated rings. The van der Waals surface area contributed by atoms with Crippen molar-refractivity contribution >= 4 is 44.6 Å². The molecule has 2 aromatic carbocycles. The maximum absolute atomic E-state index is 12.0. The number of aliphatic hydroxyl groups excluding tert-OH is 1. The zero-order valence-electron chi connectivity index (χ0n) is 13.2. The van der Waals surface area contributed by atoms with Crippen molar-refractivity contribution in [2.75, 3.05) is 35.6 Å². The van der Waals surface area contributed by atoms with Crippen LogP contribution in [0.1, 0.15) is 0 Å². The molecule has 4 N–H and O–H groups in total. The highest BCUT2D eigenvalue weighted by molar-refractivity contribution is 9.10. The average molecular weight is 409 g/mol. The molecule has 0 aromatic heterocycles. The van der Waals surface area contributed by atoms with Crippen LogP contribution in [0.3, 0.4) is 0 Å². The number of amides is 1. The number of carbonyl (C=O) groups excluding carboxylic acids is 1. The lowest BCUT2D eigenvalue weighted by Gasteiger charge is -2.13. The van der Waals surface area contributed by atoms with Crippen LogP contribution >= 0.6 is 15.9 Å². The molecule has 8 nitrogen and oxygen atoms in total. The molecule has 0 unspecified atom stereocenters. The summed E-state index contributed by atoms with van der Waals surface area (Å²) in [5.41, 5.74) is 1.53. The molecule has 0 saturated carbocycles. The second kappa shape index (κ2) is 9.00. The number of anilines is 3. The Labute approximate surface area is 152 Å². The summed E-state index contributed by atoms with van der Waals surface area (Å²) >= 11 is 3.32. The smallest absolute Gasteiger partial charge is 0.271 e. The van der Waals surface area contributed by atoms with Gasteiger partial charge in [-0.1, -0.05) is 15.9 Å². The average Bonchev–Trinajstić information content (AvgIpc) is 2.60. The van der Waals surface area contributed by atoms with E-state index in [9.17, 15) is 14.9 Å². The lowest BCUT2D eigenvalue weighted by molar-refractivity contribution is -0.384. The first kappa shape index (κ1) is 18.7. The van der Waals surface area contributed by atoms with Gasteiger partial charge < -0.3 is 21.1 Å². The fourth-order valence-electron chi connectivity index (χ4n) is 2.05. The van der Waals surface area contributed by atoms with Crippen LogP contribution in [0.5, 0.6) is 0 Å². The molecular formula is C16H17BrN4O4. The Kier molecular flexibility index (Phi) is 6.72. The monoisotopic (exact) mass is 408 g/mol. The quantitative estimate of drug-likeness (QED) is 0.394. The number of nitro groups is 1. The van der Waals surface area contributed by atoms with E-state index >= 15 is 0 Å². The van der Waals surface area contributed by atoms with E-state index in [1.807, 2.05) is 0 Å². The maximum atomic E-state index is 12.0. The van der Waals surface area contributed by atoms with E-state index in [1.54, 1.807) is 24.3 Å². The van der Waals surface area contributed by atoms with Crippen LogP contribution in [-0.4, -0.2) is 35.6 Å². The first-order valence-corrected chi connectivity index (χ1v) is 8.21. The molecule has 0 spiro atoms. The van der Waals surface area contributed by atoms with E-state index in [0.29, 0.717) is 17.1 Å². The number of non-ortho nitro benzene ring substituents is 1. The molecule has 0 aliphatic rings. The predicted octanol–water partition coefficient (Wildman–Crippen LogP) is 2.81. The number of hydrogen-bond acceptors (Lipinski definition) is 6. The van der Waals surface area contributed by atoms with Crippen LogP contribution in [0.4, 0.5) is 22.7 Å². The molecule has 1 amide bonds.